The van der Waals surface area contributed by atoms with Crippen molar-refractivity contribution in [3.63, 3.8) is 0 Å². The Kier molecular flexibility index (Phi) is 7.07. The van der Waals surface area contributed by atoms with E-state index in [9.17, 15) is 13.2 Å². The van der Waals surface area contributed by atoms with Crippen molar-refractivity contribution in [1.82, 2.24) is 5.32 Å². The highest BCUT2D eigenvalue weighted by Gasteiger charge is 2.09. The maximum absolute atomic E-state index is 12.3. The number of amides is 1. The first kappa shape index (κ1) is 21.8. The third-order valence-electron chi connectivity index (χ3n) is 4.60. The van der Waals surface area contributed by atoms with E-state index in [1.54, 1.807) is 13.2 Å². The number of hydrogen-bond acceptors (Lipinski definition) is 5. The third kappa shape index (κ3) is 6.05. The molecule has 0 aliphatic heterocycles. The van der Waals surface area contributed by atoms with Gasteiger partial charge in [0.2, 0.25) is 0 Å². The van der Waals surface area contributed by atoms with Crippen molar-refractivity contribution >= 4 is 26.5 Å². The van der Waals surface area contributed by atoms with Crippen molar-refractivity contribution in [2.24, 2.45) is 0 Å². The molecule has 1 amide bonds. The Morgan fingerprint density at radius 1 is 0.900 bits per heavy atom. The van der Waals surface area contributed by atoms with Crippen molar-refractivity contribution in [2.75, 3.05) is 38.9 Å². The Bertz CT molecular complexity index is 1120. The summed E-state index contributed by atoms with van der Waals surface area (Å²) in [6.07, 6.45) is 1.15. The van der Waals surface area contributed by atoms with Crippen molar-refractivity contribution in [3.8, 4) is 16.9 Å². The Morgan fingerprint density at radius 3 is 2.27 bits per heavy atom. The van der Waals surface area contributed by atoms with Crippen LogP contribution in [0.4, 0.5) is 0 Å². The van der Waals surface area contributed by atoms with Crippen LogP contribution in [-0.4, -0.2) is 53.2 Å². The molecule has 0 bridgehead atoms. The smallest absolute Gasteiger partial charge is 0.251 e. The van der Waals surface area contributed by atoms with E-state index in [1.165, 1.54) is 0 Å². The van der Waals surface area contributed by atoms with Gasteiger partial charge in [0.15, 0.2) is 0 Å². The van der Waals surface area contributed by atoms with Crippen LogP contribution in [0.2, 0.25) is 0 Å². The molecule has 6 nitrogen and oxygen atoms in total. The van der Waals surface area contributed by atoms with Gasteiger partial charge in [-0.1, -0.05) is 30.3 Å². The van der Waals surface area contributed by atoms with Gasteiger partial charge < -0.3 is 14.8 Å². The quantitative estimate of drug-likeness (QED) is 0.530. The fourth-order valence-corrected chi connectivity index (χ4v) is 3.48. The lowest BCUT2D eigenvalue weighted by atomic mass is 10.00. The molecule has 3 aromatic carbocycles. The molecule has 3 rings (SSSR count). The zero-order valence-electron chi connectivity index (χ0n) is 17.1. The zero-order valence-corrected chi connectivity index (χ0v) is 17.9. The number of ether oxygens (including phenoxy) is 2. The van der Waals surface area contributed by atoms with Crippen LogP contribution in [-0.2, 0) is 14.6 Å². The van der Waals surface area contributed by atoms with E-state index in [0.29, 0.717) is 18.8 Å². The summed E-state index contributed by atoms with van der Waals surface area (Å²) in [4.78, 5) is 12.3. The number of fused-ring (bicyclic) bond motifs is 1. The van der Waals surface area contributed by atoms with Crippen LogP contribution in [0.25, 0.3) is 21.9 Å². The molecule has 7 heteroatoms. The third-order valence-corrected chi connectivity index (χ3v) is 5.55. The van der Waals surface area contributed by atoms with E-state index in [1.807, 2.05) is 48.5 Å². The van der Waals surface area contributed by atoms with Crippen molar-refractivity contribution in [1.29, 1.82) is 0 Å². The topological polar surface area (TPSA) is 81.7 Å². The number of sulfone groups is 1. The van der Waals surface area contributed by atoms with Crippen molar-refractivity contribution in [3.05, 3.63) is 66.2 Å². The number of carbonyl (C=O) groups excluding carboxylic acids is 1. The summed E-state index contributed by atoms with van der Waals surface area (Å²) in [6.45, 7) is 1.15. The number of nitrogens with one attached hydrogen (secondary N) is 1. The van der Waals surface area contributed by atoms with Crippen LogP contribution in [0, 0.1) is 0 Å². The first-order valence-electron chi connectivity index (χ1n) is 9.58. The molecule has 0 aromatic heterocycles. The maximum Gasteiger partial charge on any atom is 0.251 e. The van der Waals surface area contributed by atoms with E-state index in [4.69, 9.17) is 9.47 Å². The number of rotatable bonds is 9. The molecule has 158 valence electrons. The second kappa shape index (κ2) is 9.73. The van der Waals surface area contributed by atoms with E-state index >= 15 is 0 Å². The van der Waals surface area contributed by atoms with Crippen LogP contribution in [0.3, 0.4) is 0 Å². The van der Waals surface area contributed by atoms with E-state index in [-0.39, 0.29) is 18.2 Å². The summed E-state index contributed by atoms with van der Waals surface area (Å²) in [5, 5.41) is 4.60. The molecule has 0 unspecified atom stereocenters. The normalized spacial score (nSPS) is 11.4. The van der Waals surface area contributed by atoms with Gasteiger partial charge in [-0.2, -0.15) is 0 Å². The van der Waals surface area contributed by atoms with Crippen LogP contribution in [0.5, 0.6) is 5.75 Å². The Morgan fingerprint density at radius 2 is 1.57 bits per heavy atom. The molecule has 0 saturated carbocycles. The Balaban J connectivity index is 1.71. The van der Waals surface area contributed by atoms with Crippen molar-refractivity contribution < 1.29 is 22.7 Å². The van der Waals surface area contributed by atoms with Gasteiger partial charge in [0, 0.05) is 25.5 Å². The average Bonchev–Trinajstić information content (AvgIpc) is 2.72. The predicted molar refractivity (Wildman–Crippen MR) is 119 cm³/mol. The molecule has 0 atom stereocenters. The van der Waals surface area contributed by atoms with Crippen LogP contribution in [0.1, 0.15) is 10.4 Å². The SMILES string of the molecule is COCCOc1ccc(-c2ccc3cc(C(=O)NCCS(C)(=O)=O)ccc3c2)cc1. The second-order valence-corrected chi connectivity index (χ2v) is 9.29. The molecule has 3 aromatic rings. The Labute approximate surface area is 176 Å². The molecule has 0 aliphatic rings. The first-order valence-corrected chi connectivity index (χ1v) is 11.6. The minimum absolute atomic E-state index is 0.0775. The highest BCUT2D eigenvalue weighted by atomic mass is 32.2. The summed E-state index contributed by atoms with van der Waals surface area (Å²) in [6, 6.07) is 19.4. The number of hydrogen-bond donors (Lipinski definition) is 1. The predicted octanol–water partition coefficient (Wildman–Crippen LogP) is 3.31. The molecule has 30 heavy (non-hydrogen) atoms. The van der Waals surface area contributed by atoms with Crippen LogP contribution >= 0.6 is 0 Å². The largest absolute Gasteiger partial charge is 0.491 e. The fraction of sp³-hybridized carbons (Fsp3) is 0.261. The van der Waals surface area contributed by atoms with Gasteiger partial charge >= 0.3 is 0 Å². The van der Waals surface area contributed by atoms with E-state index < -0.39 is 9.84 Å². The van der Waals surface area contributed by atoms with Crippen molar-refractivity contribution in [2.45, 2.75) is 0 Å². The van der Waals surface area contributed by atoms with Gasteiger partial charge in [0.1, 0.15) is 22.2 Å². The van der Waals surface area contributed by atoms with Gasteiger partial charge in [-0.05, 0) is 52.2 Å². The summed E-state index contributed by atoms with van der Waals surface area (Å²) in [5.41, 5.74) is 2.64. The lowest BCUT2D eigenvalue weighted by molar-refractivity contribution is 0.0956. The Hall–Kier alpha value is -2.90. The van der Waals surface area contributed by atoms with Gasteiger partial charge in [-0.3, -0.25) is 4.79 Å². The molecule has 0 saturated heterocycles. The van der Waals surface area contributed by atoms with E-state index in [2.05, 4.69) is 11.4 Å². The molecule has 1 N–H and O–H groups in total. The molecule has 0 radical (unpaired) electrons. The fourth-order valence-electron chi connectivity index (χ4n) is 3.01. The zero-order chi connectivity index (χ0) is 21.6. The summed E-state index contributed by atoms with van der Waals surface area (Å²) in [7, 11) is -1.47. The first-order chi connectivity index (χ1) is 14.4. The van der Waals surface area contributed by atoms with Crippen LogP contribution < -0.4 is 10.1 Å². The average molecular weight is 428 g/mol. The lowest BCUT2D eigenvalue weighted by Crippen LogP contribution is -2.28. The molecule has 0 heterocycles. The monoisotopic (exact) mass is 427 g/mol. The maximum atomic E-state index is 12.3. The molecular weight excluding hydrogens is 402 g/mol. The molecule has 0 spiro atoms. The highest BCUT2D eigenvalue weighted by Crippen LogP contribution is 2.27. The molecule has 0 aliphatic carbocycles. The molecule has 0 fully saturated rings. The van der Waals surface area contributed by atoms with Gasteiger partial charge in [0.05, 0.1) is 12.4 Å². The minimum Gasteiger partial charge on any atom is -0.491 e. The van der Waals surface area contributed by atoms with Gasteiger partial charge in [-0.15, -0.1) is 0 Å². The summed E-state index contributed by atoms with van der Waals surface area (Å²) >= 11 is 0. The second-order valence-electron chi connectivity index (χ2n) is 7.03. The lowest BCUT2D eigenvalue weighted by Gasteiger charge is -2.09. The molecular formula is C23H25NO5S. The number of benzene rings is 3. The van der Waals surface area contributed by atoms with E-state index in [0.717, 1.165) is 33.9 Å². The summed E-state index contributed by atoms with van der Waals surface area (Å²) < 4.78 is 32.9. The van der Waals surface area contributed by atoms with Gasteiger partial charge in [0.25, 0.3) is 5.91 Å². The highest BCUT2D eigenvalue weighted by molar-refractivity contribution is 7.90. The number of methoxy groups -OCH3 is 1. The standard InChI is InChI=1S/C23H25NO5S/c1-28-12-13-29-22-9-7-17(8-10-22)18-3-4-20-16-21(6-5-19(20)15-18)23(25)24-11-14-30(2,26)27/h3-10,15-16H,11-14H2,1-2H3,(H,24,25). The summed E-state index contributed by atoms with van der Waals surface area (Å²) in [5.74, 6) is 0.433. The number of carbonyl (C=O) groups is 1. The minimum atomic E-state index is -3.10. The van der Waals surface area contributed by atoms with Gasteiger partial charge in [-0.25, -0.2) is 8.42 Å². The van der Waals surface area contributed by atoms with Crippen LogP contribution in [0.15, 0.2) is 60.7 Å².